The molecule has 0 spiro atoms. The summed E-state index contributed by atoms with van der Waals surface area (Å²) in [5, 5.41) is 0. The van der Waals surface area contributed by atoms with Crippen LogP contribution >= 0.6 is 12.4 Å². The number of nitrogens with two attached hydrogens (primary N) is 1. The molecule has 0 radical (unpaired) electrons. The van der Waals surface area contributed by atoms with Crippen molar-refractivity contribution in [1.29, 1.82) is 0 Å². The molecule has 0 aliphatic heterocycles. The highest BCUT2D eigenvalue weighted by Gasteiger charge is 2.37. The summed E-state index contributed by atoms with van der Waals surface area (Å²) in [6.45, 7) is 0. The van der Waals surface area contributed by atoms with Gasteiger partial charge in [0.1, 0.15) is 11.9 Å². The van der Waals surface area contributed by atoms with Crippen molar-refractivity contribution < 1.29 is 17.6 Å². The van der Waals surface area contributed by atoms with E-state index in [0.29, 0.717) is 0 Å². The molecule has 0 aliphatic carbocycles. The molecule has 0 heterocycles. The molecule has 1 nitrogen and oxygen atoms in total. The van der Waals surface area contributed by atoms with Crippen molar-refractivity contribution in [1.82, 2.24) is 0 Å². The zero-order valence-corrected chi connectivity index (χ0v) is 7.70. The van der Waals surface area contributed by atoms with Crippen molar-refractivity contribution >= 4 is 12.4 Å². The molecule has 1 rings (SSSR count). The Morgan fingerprint density at radius 2 is 1.50 bits per heavy atom. The lowest BCUT2D eigenvalue weighted by molar-refractivity contribution is -0.149. The average Bonchev–Trinajstić information content (AvgIpc) is 2.03. The average molecular weight is 230 g/mol. The van der Waals surface area contributed by atoms with Crippen LogP contribution in [0.1, 0.15) is 11.6 Å². The molecule has 80 valence electrons. The zero-order valence-electron chi connectivity index (χ0n) is 6.88. The second-order valence-electron chi connectivity index (χ2n) is 2.57. The predicted octanol–water partition coefficient (Wildman–Crippen LogP) is 2.81. The van der Waals surface area contributed by atoms with E-state index >= 15 is 0 Å². The van der Waals surface area contributed by atoms with E-state index in [1.165, 1.54) is 0 Å². The zero-order chi connectivity index (χ0) is 10.1. The molecule has 0 aliphatic rings. The second kappa shape index (κ2) is 4.61. The van der Waals surface area contributed by atoms with Crippen LogP contribution in [0.15, 0.2) is 24.3 Å². The monoisotopic (exact) mass is 229 g/mol. The molecule has 0 saturated heterocycles. The molecule has 0 unspecified atom stereocenters. The van der Waals surface area contributed by atoms with Gasteiger partial charge in [-0.15, -0.1) is 12.4 Å². The number of halogens is 5. The standard InChI is InChI=1S/C8H7F4N.ClH/c9-6-3-1-5(2-4-6)7(13)8(10,11)12;/h1-4,7H,13H2;1H/t7-;/m1./s1. The normalized spacial score (nSPS) is 13.2. The third-order valence-corrected chi connectivity index (χ3v) is 1.58. The van der Waals surface area contributed by atoms with Gasteiger partial charge in [-0.25, -0.2) is 4.39 Å². The van der Waals surface area contributed by atoms with Crippen molar-refractivity contribution in [3.8, 4) is 0 Å². The summed E-state index contributed by atoms with van der Waals surface area (Å²) >= 11 is 0. The van der Waals surface area contributed by atoms with Crippen LogP contribution in [0.25, 0.3) is 0 Å². The predicted molar refractivity (Wildman–Crippen MR) is 46.6 cm³/mol. The minimum atomic E-state index is -4.49. The molecule has 0 bridgehead atoms. The largest absolute Gasteiger partial charge is 0.407 e. The van der Waals surface area contributed by atoms with Gasteiger partial charge in [0.2, 0.25) is 0 Å². The fraction of sp³-hybridized carbons (Fsp3) is 0.250. The van der Waals surface area contributed by atoms with E-state index in [4.69, 9.17) is 5.73 Å². The van der Waals surface area contributed by atoms with Crippen LogP contribution in [0.4, 0.5) is 17.6 Å². The van der Waals surface area contributed by atoms with Gasteiger partial charge in [0.25, 0.3) is 0 Å². The molecule has 14 heavy (non-hydrogen) atoms. The maximum atomic E-state index is 12.3. The van der Waals surface area contributed by atoms with Crippen LogP contribution in [0.3, 0.4) is 0 Å². The fourth-order valence-corrected chi connectivity index (χ4v) is 0.859. The molecule has 1 aromatic rings. The first kappa shape index (κ1) is 13.2. The van der Waals surface area contributed by atoms with Crippen molar-refractivity contribution in [3.63, 3.8) is 0 Å². The summed E-state index contributed by atoms with van der Waals surface area (Å²) in [7, 11) is 0. The van der Waals surface area contributed by atoms with E-state index < -0.39 is 18.0 Å². The lowest BCUT2D eigenvalue weighted by Gasteiger charge is -2.15. The lowest BCUT2D eigenvalue weighted by atomic mass is 10.1. The molecule has 0 amide bonds. The summed E-state index contributed by atoms with van der Waals surface area (Å²) in [5.74, 6) is -0.585. The first-order valence-corrected chi connectivity index (χ1v) is 3.49. The summed E-state index contributed by atoms with van der Waals surface area (Å²) in [4.78, 5) is 0. The van der Waals surface area contributed by atoms with Crippen LogP contribution < -0.4 is 5.73 Å². The Kier molecular flexibility index (Phi) is 4.35. The first-order valence-electron chi connectivity index (χ1n) is 3.49. The number of hydrogen-bond acceptors (Lipinski definition) is 1. The minimum absolute atomic E-state index is 0. The van der Waals surface area contributed by atoms with E-state index in [2.05, 4.69) is 0 Å². The van der Waals surface area contributed by atoms with Gasteiger partial charge in [0, 0.05) is 0 Å². The summed E-state index contributed by atoms with van der Waals surface area (Å²) in [6, 6.07) is 1.89. The SMILES string of the molecule is Cl.N[C@H](c1ccc(F)cc1)C(F)(F)F. The smallest absolute Gasteiger partial charge is 0.316 e. The highest BCUT2D eigenvalue weighted by atomic mass is 35.5. The van der Waals surface area contributed by atoms with Gasteiger partial charge in [-0.05, 0) is 17.7 Å². The molecule has 1 aromatic carbocycles. The molecule has 0 fully saturated rings. The summed E-state index contributed by atoms with van der Waals surface area (Å²) < 4.78 is 48.4. The van der Waals surface area contributed by atoms with Gasteiger partial charge in [-0.2, -0.15) is 13.2 Å². The molecule has 0 aromatic heterocycles. The third-order valence-electron chi connectivity index (χ3n) is 1.58. The van der Waals surface area contributed by atoms with Gasteiger partial charge in [0.05, 0.1) is 0 Å². The van der Waals surface area contributed by atoms with Gasteiger partial charge >= 0.3 is 6.18 Å². The fourth-order valence-electron chi connectivity index (χ4n) is 0.859. The van der Waals surface area contributed by atoms with Crippen molar-refractivity contribution in [3.05, 3.63) is 35.6 Å². The van der Waals surface area contributed by atoms with E-state index in [9.17, 15) is 17.6 Å². The van der Waals surface area contributed by atoms with E-state index in [0.717, 1.165) is 24.3 Å². The Hall–Kier alpha value is -0.810. The van der Waals surface area contributed by atoms with Crippen molar-refractivity contribution in [2.24, 2.45) is 5.73 Å². The first-order chi connectivity index (χ1) is 5.91. The maximum absolute atomic E-state index is 12.3. The number of benzene rings is 1. The molecular formula is C8H8ClF4N. The number of rotatable bonds is 1. The lowest BCUT2D eigenvalue weighted by Crippen LogP contribution is -2.28. The van der Waals surface area contributed by atoms with Gasteiger partial charge in [-0.1, -0.05) is 12.1 Å². The van der Waals surface area contributed by atoms with Crippen molar-refractivity contribution in [2.45, 2.75) is 12.2 Å². The molecular weight excluding hydrogens is 222 g/mol. The summed E-state index contributed by atoms with van der Waals surface area (Å²) in [5.41, 5.74) is 4.73. The van der Waals surface area contributed by atoms with Crippen LogP contribution in [0.5, 0.6) is 0 Å². The van der Waals surface area contributed by atoms with Gasteiger partial charge < -0.3 is 5.73 Å². The Labute approximate surface area is 84.3 Å². The van der Waals surface area contributed by atoms with Crippen molar-refractivity contribution in [2.75, 3.05) is 0 Å². The van der Waals surface area contributed by atoms with Gasteiger partial charge in [0.15, 0.2) is 0 Å². The third kappa shape index (κ3) is 3.16. The minimum Gasteiger partial charge on any atom is -0.316 e. The second-order valence-corrected chi connectivity index (χ2v) is 2.57. The number of hydrogen-bond donors (Lipinski definition) is 1. The van der Waals surface area contributed by atoms with E-state index in [1.807, 2.05) is 0 Å². The summed E-state index contributed by atoms with van der Waals surface area (Å²) in [6.07, 6.45) is -4.49. The topological polar surface area (TPSA) is 26.0 Å². The highest BCUT2D eigenvalue weighted by molar-refractivity contribution is 5.85. The van der Waals surface area contributed by atoms with E-state index in [1.54, 1.807) is 0 Å². The van der Waals surface area contributed by atoms with Crippen LogP contribution in [-0.4, -0.2) is 6.18 Å². The Morgan fingerprint density at radius 3 is 1.86 bits per heavy atom. The molecule has 2 N–H and O–H groups in total. The highest BCUT2D eigenvalue weighted by Crippen LogP contribution is 2.30. The maximum Gasteiger partial charge on any atom is 0.407 e. The number of alkyl halides is 3. The molecule has 6 heteroatoms. The Morgan fingerprint density at radius 1 is 1.07 bits per heavy atom. The van der Waals surface area contributed by atoms with Crippen LogP contribution in [-0.2, 0) is 0 Å². The molecule has 1 atom stereocenters. The van der Waals surface area contributed by atoms with E-state index in [-0.39, 0.29) is 18.0 Å². The van der Waals surface area contributed by atoms with Gasteiger partial charge in [-0.3, -0.25) is 0 Å². The Bertz CT molecular complexity index is 282. The Balaban J connectivity index is 0.00000169. The molecule has 0 saturated carbocycles. The van der Waals surface area contributed by atoms with Crippen LogP contribution in [0.2, 0.25) is 0 Å². The quantitative estimate of drug-likeness (QED) is 0.737. The van der Waals surface area contributed by atoms with Crippen LogP contribution in [0, 0.1) is 5.82 Å².